The standard InChI is InChI=1S/C24H29F3N8O/c1-36-19-10-17(12-28-13-19)21-15-35(33-31-21)23(24(25,26)27)20-7-8-22(32-30-20)34-9-3-6-18(14-34)29-11-16-4-2-5-16/h7-8,10,12-13,15-16,18,23,29H,2-6,9,11,14H2,1H3. The highest BCUT2D eigenvalue weighted by Gasteiger charge is 2.44. The van der Waals surface area contributed by atoms with Gasteiger partial charge in [-0.3, -0.25) is 4.98 Å². The molecule has 1 N–H and O–H groups in total. The smallest absolute Gasteiger partial charge is 0.416 e. The number of hydrogen-bond acceptors (Lipinski definition) is 8. The Morgan fingerprint density at radius 3 is 2.67 bits per heavy atom. The Balaban J connectivity index is 1.31. The van der Waals surface area contributed by atoms with Crippen LogP contribution < -0.4 is 15.0 Å². The van der Waals surface area contributed by atoms with E-state index >= 15 is 0 Å². The highest BCUT2D eigenvalue weighted by Crippen LogP contribution is 2.36. The van der Waals surface area contributed by atoms with Gasteiger partial charge in [0.1, 0.15) is 11.4 Å². The van der Waals surface area contributed by atoms with Crippen LogP contribution in [0.3, 0.4) is 0 Å². The molecule has 2 aliphatic rings. The number of ether oxygens (including phenoxy) is 1. The average Bonchev–Trinajstić information content (AvgIpc) is 3.32. The van der Waals surface area contributed by atoms with Gasteiger partial charge in [0.2, 0.25) is 0 Å². The van der Waals surface area contributed by atoms with Crippen molar-refractivity contribution in [2.45, 2.75) is 50.4 Å². The van der Waals surface area contributed by atoms with Crippen LogP contribution in [0.4, 0.5) is 19.0 Å². The van der Waals surface area contributed by atoms with Gasteiger partial charge in [-0.05, 0) is 56.3 Å². The lowest BCUT2D eigenvalue weighted by atomic mass is 9.85. The van der Waals surface area contributed by atoms with Gasteiger partial charge >= 0.3 is 6.18 Å². The van der Waals surface area contributed by atoms with E-state index in [2.05, 4.69) is 35.7 Å². The van der Waals surface area contributed by atoms with Crippen LogP contribution in [0.2, 0.25) is 0 Å². The monoisotopic (exact) mass is 502 g/mol. The summed E-state index contributed by atoms with van der Waals surface area (Å²) in [4.78, 5) is 6.11. The Kier molecular flexibility index (Phi) is 7.04. The molecule has 5 rings (SSSR count). The van der Waals surface area contributed by atoms with Crippen LogP contribution in [-0.2, 0) is 0 Å². The fourth-order valence-corrected chi connectivity index (χ4v) is 4.69. The molecule has 2 unspecified atom stereocenters. The van der Waals surface area contributed by atoms with E-state index in [0.29, 0.717) is 23.2 Å². The molecule has 2 fully saturated rings. The van der Waals surface area contributed by atoms with Crippen molar-refractivity contribution in [3.63, 3.8) is 0 Å². The molecule has 12 heteroatoms. The number of hydrogen-bond donors (Lipinski definition) is 1. The van der Waals surface area contributed by atoms with Crippen LogP contribution in [0.5, 0.6) is 5.75 Å². The van der Waals surface area contributed by atoms with Crippen molar-refractivity contribution in [2.24, 2.45) is 5.92 Å². The molecule has 2 atom stereocenters. The quantitative estimate of drug-likeness (QED) is 0.499. The second-order valence-corrected chi connectivity index (χ2v) is 9.45. The zero-order valence-electron chi connectivity index (χ0n) is 20.0. The number of alkyl halides is 3. The van der Waals surface area contributed by atoms with Crippen molar-refractivity contribution in [3.05, 3.63) is 42.5 Å². The lowest BCUT2D eigenvalue weighted by molar-refractivity contribution is -0.160. The molecule has 1 saturated heterocycles. The van der Waals surface area contributed by atoms with Crippen LogP contribution >= 0.6 is 0 Å². The molecule has 3 aromatic heterocycles. The van der Waals surface area contributed by atoms with E-state index < -0.39 is 12.2 Å². The molecule has 192 valence electrons. The molecule has 3 aromatic rings. The molecular formula is C24H29F3N8O. The number of pyridine rings is 1. The number of nitrogens with one attached hydrogen (secondary N) is 1. The van der Waals surface area contributed by atoms with Crippen LogP contribution in [0.1, 0.15) is 43.8 Å². The summed E-state index contributed by atoms with van der Waals surface area (Å²) in [6, 6.07) is 2.85. The predicted molar refractivity (Wildman–Crippen MR) is 127 cm³/mol. The maximum absolute atomic E-state index is 14.1. The summed E-state index contributed by atoms with van der Waals surface area (Å²) in [6.45, 7) is 2.60. The molecule has 4 heterocycles. The number of anilines is 1. The number of nitrogens with zero attached hydrogens (tertiary/aromatic N) is 7. The first-order valence-electron chi connectivity index (χ1n) is 12.2. The maximum Gasteiger partial charge on any atom is 0.416 e. The Bertz CT molecular complexity index is 1150. The van der Waals surface area contributed by atoms with Crippen molar-refractivity contribution in [2.75, 3.05) is 31.6 Å². The van der Waals surface area contributed by atoms with E-state index in [4.69, 9.17) is 4.74 Å². The van der Waals surface area contributed by atoms with E-state index in [1.165, 1.54) is 51.0 Å². The van der Waals surface area contributed by atoms with Crippen LogP contribution in [0, 0.1) is 5.92 Å². The fourth-order valence-electron chi connectivity index (χ4n) is 4.69. The molecule has 0 amide bonds. The predicted octanol–water partition coefficient (Wildman–Crippen LogP) is 3.65. The summed E-state index contributed by atoms with van der Waals surface area (Å²) in [6.07, 6.45) is 5.56. The average molecular weight is 503 g/mol. The second kappa shape index (κ2) is 10.4. The Labute approximate surface area is 207 Å². The molecule has 1 saturated carbocycles. The summed E-state index contributed by atoms with van der Waals surface area (Å²) >= 11 is 0. The summed E-state index contributed by atoms with van der Waals surface area (Å²) < 4.78 is 48.2. The molecule has 9 nitrogen and oxygen atoms in total. The highest BCUT2D eigenvalue weighted by atomic mass is 19.4. The van der Waals surface area contributed by atoms with E-state index in [0.717, 1.165) is 43.1 Å². The molecule has 0 bridgehead atoms. The molecule has 1 aliphatic carbocycles. The number of rotatable bonds is 8. The van der Waals surface area contributed by atoms with Gasteiger partial charge in [0, 0.05) is 30.9 Å². The third kappa shape index (κ3) is 5.43. The molecule has 36 heavy (non-hydrogen) atoms. The number of aromatic nitrogens is 6. The molecule has 1 aliphatic heterocycles. The maximum atomic E-state index is 14.1. The largest absolute Gasteiger partial charge is 0.495 e. The van der Waals surface area contributed by atoms with Crippen LogP contribution in [-0.4, -0.2) is 69.1 Å². The molecule has 0 aromatic carbocycles. The first-order valence-corrected chi connectivity index (χ1v) is 12.2. The second-order valence-electron chi connectivity index (χ2n) is 9.45. The highest BCUT2D eigenvalue weighted by molar-refractivity contribution is 5.58. The van der Waals surface area contributed by atoms with Crippen molar-refractivity contribution in [1.82, 2.24) is 35.5 Å². The van der Waals surface area contributed by atoms with Gasteiger partial charge in [-0.15, -0.1) is 10.2 Å². The Morgan fingerprint density at radius 1 is 1.11 bits per heavy atom. The lowest BCUT2D eigenvalue weighted by Gasteiger charge is -2.35. The topological polar surface area (TPSA) is 93.9 Å². The van der Waals surface area contributed by atoms with E-state index in [1.54, 1.807) is 12.1 Å². The molecular weight excluding hydrogens is 473 g/mol. The zero-order valence-corrected chi connectivity index (χ0v) is 20.0. The summed E-state index contributed by atoms with van der Waals surface area (Å²) in [7, 11) is 1.48. The normalized spacial score (nSPS) is 19.7. The van der Waals surface area contributed by atoms with Crippen molar-refractivity contribution in [3.8, 4) is 17.0 Å². The minimum Gasteiger partial charge on any atom is -0.495 e. The van der Waals surface area contributed by atoms with Gasteiger partial charge in [-0.2, -0.15) is 18.3 Å². The number of piperidine rings is 1. The molecule has 0 radical (unpaired) electrons. The summed E-state index contributed by atoms with van der Waals surface area (Å²) in [5, 5.41) is 19.5. The van der Waals surface area contributed by atoms with Crippen LogP contribution in [0.25, 0.3) is 11.3 Å². The number of halogens is 3. The minimum atomic E-state index is -4.64. The summed E-state index contributed by atoms with van der Waals surface area (Å²) in [5.41, 5.74) is 0.491. The van der Waals surface area contributed by atoms with E-state index in [-0.39, 0.29) is 11.4 Å². The lowest BCUT2D eigenvalue weighted by Crippen LogP contribution is -2.47. The summed E-state index contributed by atoms with van der Waals surface area (Å²) in [5.74, 6) is 1.82. The van der Waals surface area contributed by atoms with Gasteiger partial charge in [-0.1, -0.05) is 11.6 Å². The van der Waals surface area contributed by atoms with E-state index in [1.807, 2.05) is 0 Å². The minimum absolute atomic E-state index is 0.244. The Morgan fingerprint density at radius 2 is 1.97 bits per heavy atom. The third-order valence-corrected chi connectivity index (χ3v) is 6.95. The van der Waals surface area contributed by atoms with Gasteiger partial charge in [-0.25, -0.2) is 4.68 Å². The van der Waals surface area contributed by atoms with Crippen molar-refractivity contribution >= 4 is 5.82 Å². The van der Waals surface area contributed by atoms with Crippen LogP contribution in [0.15, 0.2) is 36.8 Å². The molecule has 0 spiro atoms. The van der Waals surface area contributed by atoms with Crippen molar-refractivity contribution < 1.29 is 17.9 Å². The first kappa shape index (κ1) is 24.4. The third-order valence-electron chi connectivity index (χ3n) is 6.95. The van der Waals surface area contributed by atoms with Crippen molar-refractivity contribution in [1.29, 1.82) is 0 Å². The SMILES string of the molecule is COc1cncc(-c2cn(C(c3ccc(N4CCCC(NCC5CCC5)C4)nn3)C(F)(F)F)nn2)c1. The first-order chi connectivity index (χ1) is 17.4. The van der Waals surface area contributed by atoms with Gasteiger partial charge in [0.05, 0.1) is 25.2 Å². The van der Waals surface area contributed by atoms with Gasteiger partial charge in [0.15, 0.2) is 11.9 Å². The van der Waals surface area contributed by atoms with E-state index in [9.17, 15) is 13.2 Å². The number of methoxy groups -OCH3 is 1. The van der Waals surface area contributed by atoms with Gasteiger partial charge < -0.3 is 15.0 Å². The zero-order chi connectivity index (χ0) is 25.1. The van der Waals surface area contributed by atoms with Gasteiger partial charge in [0.25, 0.3) is 0 Å². The Hall–Kier alpha value is -3.28. The fraction of sp³-hybridized carbons (Fsp3) is 0.542.